The van der Waals surface area contributed by atoms with Gasteiger partial charge in [0, 0.05) is 43.7 Å². The van der Waals surface area contributed by atoms with Gasteiger partial charge in [0.2, 0.25) is 5.91 Å². The predicted molar refractivity (Wildman–Crippen MR) is 121 cm³/mol. The Kier molecular flexibility index (Phi) is 7.99. The zero-order chi connectivity index (χ0) is 21.5. The van der Waals surface area contributed by atoms with Gasteiger partial charge in [0.1, 0.15) is 6.04 Å². The summed E-state index contributed by atoms with van der Waals surface area (Å²) in [5, 5.41) is 6.29. The number of carbonyl (C=O) groups excluding carboxylic acids is 2. The van der Waals surface area contributed by atoms with E-state index in [1.54, 1.807) is 23.5 Å². The molecule has 1 aliphatic heterocycles. The third-order valence-corrected chi connectivity index (χ3v) is 6.81. The number of amides is 2. The van der Waals surface area contributed by atoms with E-state index in [0.29, 0.717) is 18.7 Å². The molecule has 1 aliphatic rings. The summed E-state index contributed by atoms with van der Waals surface area (Å²) in [5.74, 6) is -0.0935. The van der Waals surface area contributed by atoms with Gasteiger partial charge in [-0.3, -0.25) is 14.5 Å². The number of aryl methyl sites for hydroxylation is 1. The summed E-state index contributed by atoms with van der Waals surface area (Å²) in [6.07, 6.45) is 1.80. The van der Waals surface area contributed by atoms with Crippen molar-refractivity contribution in [1.29, 1.82) is 0 Å². The van der Waals surface area contributed by atoms with Crippen LogP contribution in [0.25, 0.3) is 0 Å². The number of hydrogen-bond donors (Lipinski definition) is 1. The van der Waals surface area contributed by atoms with Gasteiger partial charge in [0.15, 0.2) is 0 Å². The number of nitrogens with one attached hydrogen (secondary N) is 1. The minimum absolute atomic E-state index is 0.0233. The van der Waals surface area contributed by atoms with Gasteiger partial charge in [-0.25, -0.2) is 4.98 Å². The molecule has 2 amide bonds. The molecule has 30 heavy (non-hydrogen) atoms. The highest BCUT2D eigenvalue weighted by Crippen LogP contribution is 2.16. The zero-order valence-electron chi connectivity index (χ0n) is 18.1. The Labute approximate surface area is 183 Å². The normalized spacial score (nSPS) is 16.8. The smallest absolute Gasteiger partial charge is 0.251 e. The standard InChI is InChI=1S/C23H32N4O2S/c1-4-17(3)21(25-22(28)18-9-7-6-8-10-18)23(29)27-13-11-26(12-14-27)15-19-16-30-20(5-2)24-19/h6-10,16-17,21H,4-5,11-15H2,1-3H3,(H,25,28). The third kappa shape index (κ3) is 5.67. The van der Waals surface area contributed by atoms with E-state index >= 15 is 0 Å². The number of piperazine rings is 1. The molecule has 0 radical (unpaired) electrons. The Hall–Kier alpha value is -2.25. The molecule has 1 fully saturated rings. The van der Waals surface area contributed by atoms with Crippen LogP contribution < -0.4 is 5.32 Å². The van der Waals surface area contributed by atoms with E-state index in [4.69, 9.17) is 0 Å². The van der Waals surface area contributed by atoms with Gasteiger partial charge in [-0.1, -0.05) is 45.4 Å². The summed E-state index contributed by atoms with van der Waals surface area (Å²) in [6, 6.07) is 8.59. The Morgan fingerprint density at radius 1 is 1.13 bits per heavy atom. The van der Waals surface area contributed by atoms with E-state index in [2.05, 4.69) is 34.4 Å². The summed E-state index contributed by atoms with van der Waals surface area (Å²) < 4.78 is 0. The second-order valence-electron chi connectivity index (χ2n) is 7.89. The van der Waals surface area contributed by atoms with E-state index < -0.39 is 6.04 Å². The van der Waals surface area contributed by atoms with Crippen LogP contribution in [0.2, 0.25) is 0 Å². The van der Waals surface area contributed by atoms with Crippen LogP contribution in [0.5, 0.6) is 0 Å². The van der Waals surface area contributed by atoms with Gasteiger partial charge in [0.25, 0.3) is 5.91 Å². The Morgan fingerprint density at radius 2 is 1.83 bits per heavy atom. The van der Waals surface area contributed by atoms with Gasteiger partial charge >= 0.3 is 0 Å². The number of thiazole rings is 1. The van der Waals surface area contributed by atoms with E-state index in [1.165, 1.54) is 5.01 Å². The van der Waals surface area contributed by atoms with Crippen molar-refractivity contribution < 1.29 is 9.59 Å². The van der Waals surface area contributed by atoms with Crippen LogP contribution in [0, 0.1) is 5.92 Å². The maximum Gasteiger partial charge on any atom is 0.251 e. The molecule has 3 rings (SSSR count). The van der Waals surface area contributed by atoms with Crippen molar-refractivity contribution in [1.82, 2.24) is 20.1 Å². The Balaban J connectivity index is 1.58. The van der Waals surface area contributed by atoms with Crippen LogP contribution in [0.15, 0.2) is 35.7 Å². The largest absolute Gasteiger partial charge is 0.340 e. The first-order valence-corrected chi connectivity index (χ1v) is 11.7. The second-order valence-corrected chi connectivity index (χ2v) is 8.83. The van der Waals surface area contributed by atoms with Gasteiger partial charge in [-0.05, 0) is 24.5 Å². The van der Waals surface area contributed by atoms with E-state index in [1.807, 2.05) is 30.0 Å². The SMILES string of the molecule is CCc1nc(CN2CCN(C(=O)C(NC(=O)c3ccccc3)C(C)CC)CC2)cs1. The topological polar surface area (TPSA) is 65.5 Å². The van der Waals surface area contributed by atoms with Crippen molar-refractivity contribution in [2.75, 3.05) is 26.2 Å². The monoisotopic (exact) mass is 428 g/mol. The molecular weight excluding hydrogens is 396 g/mol. The Bertz CT molecular complexity index is 831. The quantitative estimate of drug-likeness (QED) is 0.701. The highest BCUT2D eigenvalue weighted by atomic mass is 32.1. The molecule has 2 aromatic rings. The van der Waals surface area contributed by atoms with Crippen LogP contribution in [0.1, 0.15) is 48.3 Å². The van der Waals surface area contributed by atoms with E-state index in [9.17, 15) is 9.59 Å². The number of benzene rings is 1. The van der Waals surface area contributed by atoms with Crippen molar-refractivity contribution in [3.05, 3.63) is 52.0 Å². The van der Waals surface area contributed by atoms with Crippen molar-refractivity contribution in [2.24, 2.45) is 5.92 Å². The molecule has 1 saturated heterocycles. The van der Waals surface area contributed by atoms with Crippen LogP contribution in [0.4, 0.5) is 0 Å². The van der Waals surface area contributed by atoms with Gasteiger partial charge in [-0.2, -0.15) is 0 Å². The molecule has 162 valence electrons. The molecule has 0 spiro atoms. The summed E-state index contributed by atoms with van der Waals surface area (Å²) in [7, 11) is 0. The summed E-state index contributed by atoms with van der Waals surface area (Å²) in [4.78, 5) is 34.8. The lowest BCUT2D eigenvalue weighted by Crippen LogP contribution is -2.56. The third-order valence-electron chi connectivity index (χ3n) is 5.77. The molecule has 7 heteroatoms. The van der Waals surface area contributed by atoms with Crippen molar-refractivity contribution >= 4 is 23.2 Å². The van der Waals surface area contributed by atoms with E-state index in [-0.39, 0.29) is 17.7 Å². The van der Waals surface area contributed by atoms with Crippen LogP contribution in [-0.4, -0.2) is 58.8 Å². The highest BCUT2D eigenvalue weighted by Gasteiger charge is 2.32. The lowest BCUT2D eigenvalue weighted by Gasteiger charge is -2.37. The lowest BCUT2D eigenvalue weighted by molar-refractivity contribution is -0.136. The zero-order valence-corrected chi connectivity index (χ0v) is 19.0. The summed E-state index contributed by atoms with van der Waals surface area (Å²) in [5.41, 5.74) is 1.70. The number of hydrogen-bond acceptors (Lipinski definition) is 5. The molecule has 6 nitrogen and oxygen atoms in total. The first-order chi connectivity index (χ1) is 14.5. The molecule has 2 heterocycles. The predicted octanol–water partition coefficient (Wildman–Crippen LogP) is 3.19. The second kappa shape index (κ2) is 10.7. The van der Waals surface area contributed by atoms with Gasteiger partial charge in [-0.15, -0.1) is 11.3 Å². The van der Waals surface area contributed by atoms with Crippen molar-refractivity contribution in [3.8, 4) is 0 Å². The fraction of sp³-hybridized carbons (Fsp3) is 0.522. The van der Waals surface area contributed by atoms with Crippen molar-refractivity contribution in [3.63, 3.8) is 0 Å². The first kappa shape index (κ1) is 22.4. The maximum atomic E-state index is 13.3. The highest BCUT2D eigenvalue weighted by molar-refractivity contribution is 7.09. The minimum Gasteiger partial charge on any atom is -0.340 e. The first-order valence-electron chi connectivity index (χ1n) is 10.8. The Morgan fingerprint density at radius 3 is 2.43 bits per heavy atom. The molecule has 0 aliphatic carbocycles. The number of rotatable bonds is 8. The summed E-state index contributed by atoms with van der Waals surface area (Å²) in [6.45, 7) is 10.0. The molecule has 2 unspecified atom stereocenters. The molecule has 2 atom stereocenters. The number of carbonyl (C=O) groups is 2. The average molecular weight is 429 g/mol. The molecule has 1 aromatic heterocycles. The van der Waals surface area contributed by atoms with Crippen LogP contribution in [-0.2, 0) is 17.8 Å². The maximum absolute atomic E-state index is 13.3. The molecule has 1 N–H and O–H groups in total. The number of aromatic nitrogens is 1. The van der Waals surface area contributed by atoms with Gasteiger partial charge < -0.3 is 10.2 Å². The molecule has 0 bridgehead atoms. The van der Waals surface area contributed by atoms with E-state index in [0.717, 1.165) is 38.2 Å². The van der Waals surface area contributed by atoms with Crippen LogP contribution in [0.3, 0.4) is 0 Å². The fourth-order valence-electron chi connectivity index (χ4n) is 3.63. The summed E-state index contributed by atoms with van der Waals surface area (Å²) >= 11 is 1.71. The average Bonchev–Trinajstić information content (AvgIpc) is 3.25. The number of nitrogens with zero attached hydrogens (tertiary/aromatic N) is 3. The minimum atomic E-state index is -0.500. The molecular formula is C23H32N4O2S. The van der Waals surface area contributed by atoms with Crippen molar-refractivity contribution in [2.45, 2.75) is 46.2 Å². The molecule has 0 saturated carbocycles. The molecule has 1 aromatic carbocycles. The fourth-order valence-corrected chi connectivity index (χ4v) is 4.37. The van der Waals surface area contributed by atoms with Crippen LogP contribution >= 0.6 is 11.3 Å². The lowest BCUT2D eigenvalue weighted by atomic mass is 9.97. The van der Waals surface area contributed by atoms with Gasteiger partial charge in [0.05, 0.1) is 10.7 Å².